The molecule has 20 heavy (non-hydrogen) atoms. The Bertz CT molecular complexity index is 784. The first kappa shape index (κ1) is 12.7. The minimum atomic E-state index is 0.575. The van der Waals surface area contributed by atoms with Gasteiger partial charge in [-0.1, -0.05) is 29.8 Å². The number of nitrogen functional groups attached to an aromatic ring is 1. The van der Waals surface area contributed by atoms with Crippen LogP contribution in [0.1, 0.15) is 22.3 Å². The third-order valence-corrected chi connectivity index (χ3v) is 3.82. The molecule has 0 saturated heterocycles. The molecule has 0 aliphatic carbocycles. The van der Waals surface area contributed by atoms with Gasteiger partial charge in [-0.2, -0.15) is 0 Å². The SMILES string of the molecule is Cc1cccc(Cn2c(N)nc3cc(C)c(C)cc32)c1. The molecule has 1 aromatic heterocycles. The fraction of sp³-hybridized carbons (Fsp3) is 0.235. The topological polar surface area (TPSA) is 43.8 Å². The van der Waals surface area contributed by atoms with Crippen molar-refractivity contribution in [3.8, 4) is 0 Å². The molecule has 0 saturated carbocycles. The van der Waals surface area contributed by atoms with E-state index in [4.69, 9.17) is 5.73 Å². The summed E-state index contributed by atoms with van der Waals surface area (Å²) >= 11 is 0. The summed E-state index contributed by atoms with van der Waals surface area (Å²) in [6.07, 6.45) is 0. The zero-order chi connectivity index (χ0) is 14.3. The standard InChI is InChI=1S/C17H19N3/c1-11-5-4-6-14(7-11)10-20-16-9-13(3)12(2)8-15(16)19-17(20)18/h4-9H,10H2,1-3H3,(H2,18,19). The molecule has 0 atom stereocenters. The first-order valence-electron chi connectivity index (χ1n) is 6.83. The molecule has 2 N–H and O–H groups in total. The van der Waals surface area contributed by atoms with E-state index in [-0.39, 0.29) is 0 Å². The number of anilines is 1. The van der Waals surface area contributed by atoms with Crippen molar-refractivity contribution >= 4 is 17.0 Å². The van der Waals surface area contributed by atoms with Gasteiger partial charge in [0.2, 0.25) is 5.95 Å². The third kappa shape index (κ3) is 2.16. The number of rotatable bonds is 2. The highest BCUT2D eigenvalue weighted by Gasteiger charge is 2.10. The molecule has 0 amide bonds. The van der Waals surface area contributed by atoms with Crippen molar-refractivity contribution in [2.45, 2.75) is 27.3 Å². The zero-order valence-electron chi connectivity index (χ0n) is 12.1. The average Bonchev–Trinajstić information content (AvgIpc) is 2.67. The van der Waals surface area contributed by atoms with E-state index in [2.05, 4.69) is 66.7 Å². The average molecular weight is 265 g/mol. The van der Waals surface area contributed by atoms with Crippen LogP contribution < -0.4 is 5.73 Å². The lowest BCUT2D eigenvalue weighted by molar-refractivity contribution is 0.837. The summed E-state index contributed by atoms with van der Waals surface area (Å²) in [5.74, 6) is 0.575. The van der Waals surface area contributed by atoms with Crippen LogP contribution in [0.2, 0.25) is 0 Å². The minimum absolute atomic E-state index is 0.575. The Balaban J connectivity index is 2.11. The van der Waals surface area contributed by atoms with E-state index in [1.165, 1.54) is 22.3 Å². The zero-order valence-corrected chi connectivity index (χ0v) is 12.1. The molecule has 2 aromatic carbocycles. The molecule has 0 fully saturated rings. The van der Waals surface area contributed by atoms with E-state index in [9.17, 15) is 0 Å². The Morgan fingerprint density at radius 2 is 1.80 bits per heavy atom. The Hall–Kier alpha value is -2.29. The molecule has 0 unspecified atom stereocenters. The van der Waals surface area contributed by atoms with Crippen molar-refractivity contribution in [2.75, 3.05) is 5.73 Å². The highest BCUT2D eigenvalue weighted by Crippen LogP contribution is 2.23. The number of nitrogens with zero attached hydrogens (tertiary/aromatic N) is 2. The number of nitrogens with two attached hydrogens (primary N) is 1. The summed E-state index contributed by atoms with van der Waals surface area (Å²) < 4.78 is 2.08. The van der Waals surface area contributed by atoms with E-state index >= 15 is 0 Å². The number of benzene rings is 2. The van der Waals surface area contributed by atoms with Crippen LogP contribution in [0.25, 0.3) is 11.0 Å². The second-order valence-electron chi connectivity index (χ2n) is 5.47. The summed E-state index contributed by atoms with van der Waals surface area (Å²) in [5, 5.41) is 0. The maximum atomic E-state index is 6.09. The Kier molecular flexibility index (Phi) is 2.97. The molecule has 3 nitrogen and oxygen atoms in total. The second kappa shape index (κ2) is 4.67. The Labute approximate surface area is 119 Å². The van der Waals surface area contributed by atoms with Crippen molar-refractivity contribution in [2.24, 2.45) is 0 Å². The van der Waals surface area contributed by atoms with Gasteiger partial charge in [-0.25, -0.2) is 4.98 Å². The van der Waals surface area contributed by atoms with Crippen LogP contribution in [-0.4, -0.2) is 9.55 Å². The molecular weight excluding hydrogens is 246 g/mol. The lowest BCUT2D eigenvalue weighted by Gasteiger charge is -2.08. The van der Waals surface area contributed by atoms with E-state index in [0.717, 1.165) is 17.6 Å². The van der Waals surface area contributed by atoms with Gasteiger partial charge in [0.15, 0.2) is 0 Å². The number of imidazole rings is 1. The number of fused-ring (bicyclic) bond motifs is 1. The van der Waals surface area contributed by atoms with Crippen molar-refractivity contribution < 1.29 is 0 Å². The molecule has 0 aliphatic rings. The maximum absolute atomic E-state index is 6.09. The molecular formula is C17H19N3. The molecule has 0 aliphatic heterocycles. The monoisotopic (exact) mass is 265 g/mol. The van der Waals surface area contributed by atoms with Crippen LogP contribution in [0.3, 0.4) is 0 Å². The molecule has 0 radical (unpaired) electrons. The van der Waals surface area contributed by atoms with Crippen LogP contribution in [0.15, 0.2) is 36.4 Å². The fourth-order valence-electron chi connectivity index (χ4n) is 2.56. The van der Waals surface area contributed by atoms with Gasteiger partial charge < -0.3 is 10.3 Å². The Morgan fingerprint density at radius 1 is 1.05 bits per heavy atom. The van der Waals surface area contributed by atoms with Crippen molar-refractivity contribution in [1.82, 2.24) is 9.55 Å². The summed E-state index contributed by atoms with van der Waals surface area (Å²) in [7, 11) is 0. The van der Waals surface area contributed by atoms with Crippen LogP contribution in [-0.2, 0) is 6.54 Å². The first-order chi connectivity index (χ1) is 9.54. The first-order valence-corrected chi connectivity index (χ1v) is 6.83. The van der Waals surface area contributed by atoms with Gasteiger partial charge >= 0.3 is 0 Å². The molecule has 3 heteroatoms. The van der Waals surface area contributed by atoms with Crippen LogP contribution in [0, 0.1) is 20.8 Å². The van der Waals surface area contributed by atoms with E-state index in [1.54, 1.807) is 0 Å². The minimum Gasteiger partial charge on any atom is -0.369 e. The molecule has 0 bridgehead atoms. The smallest absolute Gasteiger partial charge is 0.201 e. The van der Waals surface area contributed by atoms with Crippen molar-refractivity contribution in [3.05, 3.63) is 58.7 Å². The van der Waals surface area contributed by atoms with Gasteiger partial charge in [0.1, 0.15) is 0 Å². The van der Waals surface area contributed by atoms with Gasteiger partial charge in [-0.05, 0) is 49.6 Å². The molecule has 3 aromatic rings. The highest BCUT2D eigenvalue weighted by atomic mass is 15.1. The van der Waals surface area contributed by atoms with Crippen LogP contribution >= 0.6 is 0 Å². The second-order valence-corrected chi connectivity index (χ2v) is 5.47. The molecule has 3 rings (SSSR count). The summed E-state index contributed by atoms with van der Waals surface area (Å²) in [4.78, 5) is 4.47. The number of hydrogen-bond donors (Lipinski definition) is 1. The Morgan fingerprint density at radius 3 is 2.55 bits per heavy atom. The lowest BCUT2D eigenvalue weighted by atomic mass is 10.1. The van der Waals surface area contributed by atoms with Crippen molar-refractivity contribution in [3.63, 3.8) is 0 Å². The molecule has 1 heterocycles. The fourth-order valence-corrected chi connectivity index (χ4v) is 2.56. The van der Waals surface area contributed by atoms with Gasteiger partial charge in [-0.15, -0.1) is 0 Å². The molecule has 0 spiro atoms. The van der Waals surface area contributed by atoms with Gasteiger partial charge in [0.25, 0.3) is 0 Å². The van der Waals surface area contributed by atoms with Gasteiger partial charge in [0.05, 0.1) is 17.6 Å². The predicted molar refractivity (Wildman–Crippen MR) is 83.9 cm³/mol. The summed E-state index contributed by atoms with van der Waals surface area (Å²) in [5.41, 5.74) is 13.2. The van der Waals surface area contributed by atoms with Crippen LogP contribution in [0.4, 0.5) is 5.95 Å². The van der Waals surface area contributed by atoms with Gasteiger partial charge in [-0.3, -0.25) is 0 Å². The largest absolute Gasteiger partial charge is 0.369 e. The van der Waals surface area contributed by atoms with E-state index in [0.29, 0.717) is 5.95 Å². The van der Waals surface area contributed by atoms with Crippen LogP contribution in [0.5, 0.6) is 0 Å². The normalized spacial score (nSPS) is 11.2. The van der Waals surface area contributed by atoms with E-state index in [1.807, 2.05) is 0 Å². The van der Waals surface area contributed by atoms with E-state index < -0.39 is 0 Å². The maximum Gasteiger partial charge on any atom is 0.201 e. The summed E-state index contributed by atoms with van der Waals surface area (Å²) in [6.45, 7) is 7.08. The highest BCUT2D eigenvalue weighted by molar-refractivity contribution is 5.80. The number of aryl methyl sites for hydroxylation is 3. The molecule has 102 valence electrons. The van der Waals surface area contributed by atoms with Gasteiger partial charge in [0, 0.05) is 0 Å². The lowest BCUT2D eigenvalue weighted by Crippen LogP contribution is -2.04. The predicted octanol–water partition coefficient (Wildman–Crippen LogP) is 3.59. The number of hydrogen-bond acceptors (Lipinski definition) is 2. The third-order valence-electron chi connectivity index (χ3n) is 3.82. The summed E-state index contributed by atoms with van der Waals surface area (Å²) in [6, 6.07) is 12.8. The number of aromatic nitrogens is 2. The quantitative estimate of drug-likeness (QED) is 0.769. The van der Waals surface area contributed by atoms with Crippen molar-refractivity contribution in [1.29, 1.82) is 0 Å².